The van der Waals surface area contributed by atoms with Crippen molar-refractivity contribution < 1.29 is 14.3 Å². The smallest absolute Gasteiger partial charge is 0.340 e. The van der Waals surface area contributed by atoms with E-state index in [1.165, 1.54) is 19.3 Å². The molecule has 1 amide bonds. The maximum atomic E-state index is 12.5. The highest BCUT2D eigenvalue weighted by molar-refractivity contribution is 6.31. The van der Waals surface area contributed by atoms with E-state index >= 15 is 0 Å². The predicted octanol–water partition coefficient (Wildman–Crippen LogP) is 5.99. The van der Waals surface area contributed by atoms with E-state index in [0.29, 0.717) is 10.7 Å². The van der Waals surface area contributed by atoms with Crippen molar-refractivity contribution in [2.24, 2.45) is 0 Å². The van der Waals surface area contributed by atoms with Crippen molar-refractivity contribution in [3.05, 3.63) is 101 Å². The molecule has 0 unspecified atom stereocenters. The van der Waals surface area contributed by atoms with Crippen LogP contribution in [0.3, 0.4) is 0 Å². The Morgan fingerprint density at radius 1 is 1.00 bits per heavy atom. The molecule has 0 atom stereocenters. The molecular weight excluding hydrogens is 424 g/mol. The van der Waals surface area contributed by atoms with Gasteiger partial charge in [-0.25, -0.2) is 4.79 Å². The number of hydrogen-bond acceptors (Lipinski definition) is 4. The normalized spacial score (nSPS) is 10.9. The minimum absolute atomic E-state index is 0.187. The van der Waals surface area contributed by atoms with E-state index < -0.39 is 5.97 Å². The van der Waals surface area contributed by atoms with Gasteiger partial charge in [0.25, 0.3) is 0 Å². The van der Waals surface area contributed by atoms with Gasteiger partial charge in [-0.05, 0) is 47.5 Å². The van der Waals surface area contributed by atoms with Crippen LogP contribution in [-0.4, -0.2) is 24.0 Å². The lowest BCUT2D eigenvalue weighted by atomic mass is 10.00. The topological polar surface area (TPSA) is 68.3 Å². The predicted molar refractivity (Wildman–Crippen MR) is 128 cm³/mol. The zero-order valence-electron chi connectivity index (χ0n) is 17.2. The first-order valence-electron chi connectivity index (χ1n) is 9.86. The number of carbonyl (C=O) groups is 2. The lowest BCUT2D eigenvalue weighted by Gasteiger charge is -2.09. The molecule has 0 aliphatic carbocycles. The van der Waals surface area contributed by atoms with E-state index in [2.05, 4.69) is 10.3 Å². The van der Waals surface area contributed by atoms with Crippen LogP contribution in [0.15, 0.2) is 85.1 Å². The summed E-state index contributed by atoms with van der Waals surface area (Å²) in [6.07, 6.45) is 4.90. The van der Waals surface area contributed by atoms with Gasteiger partial charge in [-0.2, -0.15) is 0 Å². The Bertz CT molecular complexity index is 1340. The van der Waals surface area contributed by atoms with Gasteiger partial charge in [-0.15, -0.1) is 0 Å². The van der Waals surface area contributed by atoms with E-state index in [0.717, 1.165) is 27.6 Å². The standard InChI is InChI=1S/C26H19ClN2O3/c1-32-26(31)22-16-20(27)11-12-23(22)29-24(30)13-10-17-5-2-7-19(15-17)21-9-3-6-18-8-4-14-28-25(18)21/h2-16H,1H3,(H,29,30)/b13-10+. The number of esters is 1. The third-order valence-corrected chi connectivity index (χ3v) is 5.14. The van der Waals surface area contributed by atoms with Gasteiger partial charge in [0.2, 0.25) is 5.91 Å². The van der Waals surface area contributed by atoms with Gasteiger partial charge < -0.3 is 10.1 Å². The van der Waals surface area contributed by atoms with E-state index in [1.54, 1.807) is 24.4 Å². The Hall–Kier alpha value is -3.96. The lowest BCUT2D eigenvalue weighted by Crippen LogP contribution is -2.13. The maximum Gasteiger partial charge on any atom is 0.340 e. The van der Waals surface area contributed by atoms with Crippen molar-refractivity contribution in [2.45, 2.75) is 0 Å². The van der Waals surface area contributed by atoms with Gasteiger partial charge in [-0.1, -0.05) is 54.1 Å². The number of nitrogens with zero attached hydrogens (tertiary/aromatic N) is 1. The van der Waals surface area contributed by atoms with Crippen LogP contribution >= 0.6 is 11.6 Å². The molecule has 158 valence electrons. The number of rotatable bonds is 5. The molecule has 1 heterocycles. The molecule has 0 bridgehead atoms. The molecule has 3 aromatic carbocycles. The number of para-hydroxylation sites is 1. The molecular formula is C26H19ClN2O3. The van der Waals surface area contributed by atoms with Gasteiger partial charge in [0.1, 0.15) is 0 Å². The first-order valence-corrected chi connectivity index (χ1v) is 10.2. The number of amides is 1. The van der Waals surface area contributed by atoms with Gasteiger partial charge >= 0.3 is 5.97 Å². The van der Waals surface area contributed by atoms with Crippen LogP contribution in [0, 0.1) is 0 Å². The largest absolute Gasteiger partial charge is 0.465 e. The third-order valence-electron chi connectivity index (χ3n) is 4.90. The van der Waals surface area contributed by atoms with Crippen molar-refractivity contribution in [3.8, 4) is 11.1 Å². The molecule has 5 nitrogen and oxygen atoms in total. The van der Waals surface area contributed by atoms with Crippen LogP contribution in [0.1, 0.15) is 15.9 Å². The van der Waals surface area contributed by atoms with Gasteiger partial charge in [0.15, 0.2) is 0 Å². The number of pyridine rings is 1. The number of fused-ring (bicyclic) bond motifs is 1. The molecule has 1 aromatic heterocycles. The summed E-state index contributed by atoms with van der Waals surface area (Å²) in [6, 6.07) is 22.5. The fourth-order valence-electron chi connectivity index (χ4n) is 3.40. The lowest BCUT2D eigenvalue weighted by molar-refractivity contribution is -0.111. The zero-order valence-corrected chi connectivity index (χ0v) is 18.0. The highest BCUT2D eigenvalue weighted by Gasteiger charge is 2.14. The molecule has 6 heteroatoms. The number of nitrogens with one attached hydrogen (secondary N) is 1. The Labute approximate surface area is 190 Å². The number of benzene rings is 3. The van der Waals surface area contributed by atoms with Crippen molar-refractivity contribution >= 4 is 46.1 Å². The molecule has 0 fully saturated rings. The van der Waals surface area contributed by atoms with Gasteiger partial charge in [0.05, 0.1) is 23.9 Å². The number of carbonyl (C=O) groups excluding carboxylic acids is 2. The Kier molecular flexibility index (Phi) is 6.29. The summed E-state index contributed by atoms with van der Waals surface area (Å²) >= 11 is 5.96. The minimum atomic E-state index is -0.580. The Balaban J connectivity index is 1.56. The number of halogens is 1. The number of ether oxygens (including phenoxy) is 1. The number of aromatic nitrogens is 1. The van der Waals surface area contributed by atoms with Gasteiger partial charge in [-0.3, -0.25) is 9.78 Å². The summed E-state index contributed by atoms with van der Waals surface area (Å²) in [6.45, 7) is 0. The van der Waals surface area contributed by atoms with E-state index in [9.17, 15) is 9.59 Å². The molecule has 0 aliphatic heterocycles. The van der Waals surface area contributed by atoms with Crippen LogP contribution in [0.25, 0.3) is 28.1 Å². The maximum absolute atomic E-state index is 12.5. The zero-order chi connectivity index (χ0) is 22.5. The molecule has 0 saturated carbocycles. The SMILES string of the molecule is COC(=O)c1cc(Cl)ccc1NC(=O)/C=C/c1cccc(-c2cccc3cccnc23)c1. The van der Waals surface area contributed by atoms with Crippen molar-refractivity contribution in [1.82, 2.24) is 4.98 Å². The highest BCUT2D eigenvalue weighted by Crippen LogP contribution is 2.28. The summed E-state index contributed by atoms with van der Waals surface area (Å²) in [5, 5.41) is 4.14. The summed E-state index contributed by atoms with van der Waals surface area (Å²) < 4.78 is 4.76. The third kappa shape index (κ3) is 4.68. The van der Waals surface area contributed by atoms with Crippen LogP contribution in [-0.2, 0) is 9.53 Å². The van der Waals surface area contributed by atoms with Crippen molar-refractivity contribution in [1.29, 1.82) is 0 Å². The monoisotopic (exact) mass is 442 g/mol. The summed E-state index contributed by atoms with van der Waals surface area (Å²) in [4.78, 5) is 28.9. The Morgan fingerprint density at radius 3 is 2.66 bits per heavy atom. The first-order chi connectivity index (χ1) is 15.5. The molecule has 0 radical (unpaired) electrons. The molecule has 0 saturated heterocycles. The van der Waals surface area contributed by atoms with Crippen LogP contribution in [0.2, 0.25) is 5.02 Å². The summed E-state index contributed by atoms with van der Waals surface area (Å²) in [7, 11) is 1.27. The first kappa shape index (κ1) is 21.3. The van der Waals surface area contributed by atoms with E-state index in [-0.39, 0.29) is 11.5 Å². The van der Waals surface area contributed by atoms with E-state index in [1.807, 2.05) is 54.6 Å². The van der Waals surface area contributed by atoms with Crippen molar-refractivity contribution in [2.75, 3.05) is 12.4 Å². The second kappa shape index (κ2) is 9.45. The number of methoxy groups -OCH3 is 1. The Morgan fingerprint density at radius 2 is 1.81 bits per heavy atom. The van der Waals surface area contributed by atoms with Crippen LogP contribution in [0.5, 0.6) is 0 Å². The second-order valence-electron chi connectivity index (χ2n) is 7.01. The molecule has 4 aromatic rings. The van der Waals surface area contributed by atoms with Crippen LogP contribution < -0.4 is 5.32 Å². The quantitative estimate of drug-likeness (QED) is 0.304. The summed E-state index contributed by atoms with van der Waals surface area (Å²) in [5.41, 5.74) is 4.31. The highest BCUT2D eigenvalue weighted by atomic mass is 35.5. The van der Waals surface area contributed by atoms with Crippen molar-refractivity contribution in [3.63, 3.8) is 0 Å². The average Bonchev–Trinajstić information content (AvgIpc) is 2.83. The number of hydrogen-bond donors (Lipinski definition) is 1. The molecule has 0 aliphatic rings. The number of anilines is 1. The molecule has 4 rings (SSSR count). The van der Waals surface area contributed by atoms with Crippen LogP contribution in [0.4, 0.5) is 5.69 Å². The minimum Gasteiger partial charge on any atom is -0.465 e. The van der Waals surface area contributed by atoms with E-state index in [4.69, 9.17) is 16.3 Å². The second-order valence-corrected chi connectivity index (χ2v) is 7.45. The molecule has 0 spiro atoms. The molecule has 1 N–H and O–H groups in total. The van der Waals surface area contributed by atoms with Gasteiger partial charge in [0, 0.05) is 28.2 Å². The summed E-state index contributed by atoms with van der Waals surface area (Å²) in [5.74, 6) is -0.960. The molecule has 32 heavy (non-hydrogen) atoms. The fourth-order valence-corrected chi connectivity index (χ4v) is 3.57. The average molecular weight is 443 g/mol. The fraction of sp³-hybridized carbons (Fsp3) is 0.0385.